The van der Waals surface area contributed by atoms with E-state index in [1.165, 1.54) is 12.3 Å². The van der Waals surface area contributed by atoms with Gasteiger partial charge in [-0.2, -0.15) is 5.10 Å². The second kappa shape index (κ2) is 6.96. The van der Waals surface area contributed by atoms with Crippen LogP contribution >= 0.6 is 0 Å². The molecule has 0 radical (unpaired) electrons. The maximum absolute atomic E-state index is 14.9. The minimum Gasteiger partial charge on any atom is -0.477 e. The Morgan fingerprint density at radius 2 is 2.18 bits per heavy atom. The van der Waals surface area contributed by atoms with E-state index in [9.17, 15) is 9.18 Å². The van der Waals surface area contributed by atoms with E-state index >= 15 is 0 Å². The van der Waals surface area contributed by atoms with Crippen molar-refractivity contribution >= 4 is 17.6 Å². The zero-order chi connectivity index (χ0) is 20.9. The Bertz CT molecular complexity index is 965. The fraction of sp³-hybridized carbons (Fsp3) is 0.526. The summed E-state index contributed by atoms with van der Waals surface area (Å²) in [6.45, 7) is -1.96. The number of carbonyl (C=O) groups is 1. The highest BCUT2D eigenvalue weighted by Crippen LogP contribution is 2.38. The highest BCUT2D eigenvalue weighted by atomic mass is 19.1. The topological polar surface area (TPSA) is 101 Å². The highest BCUT2D eigenvalue weighted by Gasteiger charge is 2.35. The Labute approximate surface area is 164 Å². The molecule has 2 fully saturated rings. The Kier molecular flexibility index (Phi) is 3.76. The van der Waals surface area contributed by atoms with Crippen molar-refractivity contribution < 1.29 is 21.4 Å². The van der Waals surface area contributed by atoms with E-state index in [2.05, 4.69) is 25.8 Å². The summed E-state index contributed by atoms with van der Waals surface area (Å²) >= 11 is 0. The van der Waals surface area contributed by atoms with E-state index in [4.69, 9.17) is 12.2 Å². The van der Waals surface area contributed by atoms with Crippen molar-refractivity contribution in [2.45, 2.75) is 50.2 Å². The van der Waals surface area contributed by atoms with Crippen LogP contribution in [0.15, 0.2) is 18.3 Å². The van der Waals surface area contributed by atoms with Crippen LogP contribution in [-0.2, 0) is 4.74 Å². The number of H-pyrrole nitrogens is 1. The molecule has 0 spiro atoms. The van der Waals surface area contributed by atoms with Crippen LogP contribution in [-0.4, -0.2) is 40.0 Å². The van der Waals surface area contributed by atoms with E-state index in [0.29, 0.717) is 43.5 Å². The first kappa shape index (κ1) is 15.1. The summed E-state index contributed by atoms with van der Waals surface area (Å²) in [6.07, 6.45) is 3.41. The first-order chi connectivity index (χ1) is 14.4. The second-order valence-corrected chi connectivity index (χ2v) is 7.57. The Morgan fingerprint density at radius 3 is 3.07 bits per heavy atom. The number of rotatable bonds is 0. The molecule has 9 heteroatoms. The molecule has 2 saturated carbocycles. The van der Waals surface area contributed by atoms with Crippen molar-refractivity contribution in [1.29, 1.82) is 0 Å². The van der Waals surface area contributed by atoms with Crippen LogP contribution < -0.4 is 15.4 Å². The number of hydrogen-bond donors (Lipinski definition) is 3. The largest absolute Gasteiger partial charge is 0.477 e. The summed E-state index contributed by atoms with van der Waals surface area (Å²) in [5.41, 5.74) is 0.870. The molecule has 1 amide bonds. The van der Waals surface area contributed by atoms with Gasteiger partial charge < -0.3 is 20.1 Å². The van der Waals surface area contributed by atoms with Crippen LogP contribution in [0, 0.1) is 11.7 Å². The van der Waals surface area contributed by atoms with Crippen molar-refractivity contribution in [2.24, 2.45) is 5.92 Å². The van der Waals surface area contributed by atoms with Crippen LogP contribution in [0.25, 0.3) is 0 Å². The van der Waals surface area contributed by atoms with E-state index in [0.717, 1.165) is 0 Å². The van der Waals surface area contributed by atoms with Crippen LogP contribution in [0.1, 0.15) is 46.5 Å². The van der Waals surface area contributed by atoms with Gasteiger partial charge in [0.05, 0.1) is 15.0 Å². The molecule has 2 aliphatic carbocycles. The molecule has 4 aliphatic rings. The number of fused-ring (bicyclic) bond motifs is 3. The molecule has 2 aliphatic heterocycles. The third-order valence-corrected chi connectivity index (χ3v) is 5.59. The number of pyridine rings is 1. The Hall–Kier alpha value is -2.84. The molecule has 8 bridgehead atoms. The molecule has 3 N–H and O–H groups in total. The van der Waals surface area contributed by atoms with Gasteiger partial charge >= 0.3 is 6.09 Å². The maximum Gasteiger partial charge on any atom is 0.407 e. The zero-order valence-electron chi connectivity index (χ0n) is 17.1. The number of amides is 1. The SMILES string of the molecule is [2H]C1([2H])Oc2cc(ccn2)Nc2n[nH]c(c2F)[C@H]2CC[C@H](C2)OC(=O)NC2CC1C2. The number of hydrogen-bond acceptors (Lipinski definition) is 6. The van der Waals surface area contributed by atoms with Crippen LogP contribution in [0.3, 0.4) is 0 Å². The summed E-state index contributed by atoms with van der Waals surface area (Å²) in [4.78, 5) is 16.3. The molecular weight excluding hydrogens is 365 g/mol. The molecule has 2 atom stereocenters. The Balaban J connectivity index is 1.44. The molecule has 0 saturated heterocycles. The third kappa shape index (κ3) is 3.36. The predicted octanol–water partition coefficient (Wildman–Crippen LogP) is 3.22. The number of aromatic nitrogens is 3. The lowest BCUT2D eigenvalue weighted by atomic mass is 9.81. The molecule has 28 heavy (non-hydrogen) atoms. The van der Waals surface area contributed by atoms with Crippen molar-refractivity contribution in [1.82, 2.24) is 20.5 Å². The second-order valence-electron chi connectivity index (χ2n) is 7.57. The lowest BCUT2D eigenvalue weighted by Gasteiger charge is -2.35. The van der Waals surface area contributed by atoms with Crippen LogP contribution in [0.5, 0.6) is 5.88 Å². The molecule has 2 aromatic heterocycles. The fourth-order valence-electron chi connectivity index (χ4n) is 4.01. The lowest BCUT2D eigenvalue weighted by molar-refractivity contribution is 0.0813. The molecule has 8 nitrogen and oxygen atoms in total. The zero-order valence-corrected chi connectivity index (χ0v) is 15.1. The summed E-state index contributed by atoms with van der Waals surface area (Å²) in [5.74, 6) is -0.863. The summed E-state index contributed by atoms with van der Waals surface area (Å²) in [7, 11) is 0. The molecule has 148 valence electrons. The third-order valence-electron chi connectivity index (χ3n) is 5.59. The average molecular weight is 389 g/mol. The van der Waals surface area contributed by atoms with Gasteiger partial charge in [0, 0.05) is 29.9 Å². The summed E-state index contributed by atoms with van der Waals surface area (Å²) < 4.78 is 42.4. The van der Waals surface area contributed by atoms with Gasteiger partial charge in [0.15, 0.2) is 11.6 Å². The number of anilines is 2. The number of nitrogens with zero attached hydrogens (tertiary/aromatic N) is 2. The van der Waals surface area contributed by atoms with Gasteiger partial charge in [0.2, 0.25) is 5.88 Å². The number of ether oxygens (including phenoxy) is 2. The first-order valence-corrected chi connectivity index (χ1v) is 9.50. The van der Waals surface area contributed by atoms with Gasteiger partial charge in [0.25, 0.3) is 0 Å². The summed E-state index contributed by atoms with van der Waals surface area (Å²) in [6, 6.07) is 2.97. The van der Waals surface area contributed by atoms with E-state index in [1.807, 2.05) is 0 Å². The number of aromatic amines is 1. The van der Waals surface area contributed by atoms with Gasteiger partial charge in [-0.15, -0.1) is 0 Å². The number of carbonyl (C=O) groups excluding carboxylic acids is 1. The fourth-order valence-corrected chi connectivity index (χ4v) is 4.01. The van der Waals surface area contributed by atoms with Gasteiger partial charge in [-0.1, -0.05) is 0 Å². The quantitative estimate of drug-likeness (QED) is 0.640. The van der Waals surface area contributed by atoms with Crippen molar-refractivity contribution in [3.8, 4) is 5.88 Å². The monoisotopic (exact) mass is 389 g/mol. The normalized spacial score (nSPS) is 32.1. The number of nitrogens with one attached hydrogen (secondary N) is 3. The molecule has 4 heterocycles. The molecule has 0 unspecified atom stereocenters. The summed E-state index contributed by atoms with van der Waals surface area (Å²) in [5, 5.41) is 12.5. The Morgan fingerprint density at radius 1 is 1.29 bits per heavy atom. The van der Waals surface area contributed by atoms with Gasteiger partial charge in [-0.3, -0.25) is 5.10 Å². The van der Waals surface area contributed by atoms with Crippen molar-refractivity contribution in [2.75, 3.05) is 11.9 Å². The first-order valence-electron chi connectivity index (χ1n) is 10.5. The molecule has 2 aromatic rings. The van der Waals surface area contributed by atoms with E-state index in [1.54, 1.807) is 6.07 Å². The van der Waals surface area contributed by atoms with E-state index in [-0.39, 0.29) is 35.7 Å². The molecule has 6 rings (SSSR count). The van der Waals surface area contributed by atoms with Crippen LogP contribution in [0.2, 0.25) is 0 Å². The minimum absolute atomic E-state index is 0.0372. The van der Waals surface area contributed by atoms with Crippen molar-refractivity contribution in [3.63, 3.8) is 0 Å². The molecular formula is C19H22FN5O3. The molecule has 0 aromatic carbocycles. The van der Waals surface area contributed by atoms with Gasteiger partial charge in [0.1, 0.15) is 6.10 Å². The lowest BCUT2D eigenvalue weighted by Crippen LogP contribution is -2.46. The van der Waals surface area contributed by atoms with Crippen LogP contribution in [0.4, 0.5) is 20.7 Å². The van der Waals surface area contributed by atoms with Crippen molar-refractivity contribution in [3.05, 3.63) is 29.8 Å². The van der Waals surface area contributed by atoms with Gasteiger partial charge in [-0.05, 0) is 44.1 Å². The predicted molar refractivity (Wildman–Crippen MR) is 98.1 cm³/mol. The number of alkyl carbamates (subject to hydrolysis) is 1. The standard InChI is InChI=1S/C19H22FN5O3/c20-16-17-11-1-2-14(7-11)28-19(26)23-13-5-10(6-13)9-27-15-8-12(3-4-21-15)22-18(16)25-24-17/h3-4,8,10-11,13-14H,1-2,5-7,9H2,(H,23,26)(H2,22,24,25)/t10?,11-,13?,14+/m0/s1/i9D2. The highest BCUT2D eigenvalue weighted by molar-refractivity contribution is 5.68. The minimum atomic E-state index is -1.96. The maximum atomic E-state index is 14.9. The van der Waals surface area contributed by atoms with E-state index < -0.39 is 18.5 Å². The average Bonchev–Trinajstić information content (AvgIpc) is 3.24. The van der Waals surface area contributed by atoms with Gasteiger partial charge in [-0.25, -0.2) is 14.2 Å². The number of halogens is 1. The smallest absolute Gasteiger partial charge is 0.407 e.